The maximum Gasteiger partial charge on any atom is 0.267 e. The fourth-order valence-electron chi connectivity index (χ4n) is 3.60. The van der Waals surface area contributed by atoms with Crippen molar-refractivity contribution >= 4 is 27.3 Å². The Labute approximate surface area is 151 Å². The van der Waals surface area contributed by atoms with E-state index in [1.807, 2.05) is 12.1 Å². The molecule has 0 spiro atoms. The van der Waals surface area contributed by atoms with Crippen LogP contribution in [0.4, 0.5) is 15.8 Å². The van der Waals surface area contributed by atoms with Crippen molar-refractivity contribution in [3.63, 3.8) is 0 Å². The number of fused-ring (bicyclic) bond motifs is 2. The van der Waals surface area contributed by atoms with Gasteiger partial charge in [-0.3, -0.25) is 9.10 Å². The lowest BCUT2D eigenvalue weighted by molar-refractivity contribution is -0.116. The summed E-state index contributed by atoms with van der Waals surface area (Å²) in [4.78, 5) is 11.2. The molecule has 0 atom stereocenters. The lowest BCUT2D eigenvalue weighted by Crippen LogP contribution is -2.33. The largest absolute Gasteiger partial charge is 0.326 e. The fourth-order valence-corrected chi connectivity index (χ4v) is 5.24. The summed E-state index contributed by atoms with van der Waals surface area (Å²) in [5.74, 6) is -1.03. The highest BCUT2D eigenvalue weighted by atomic mass is 32.2. The van der Waals surface area contributed by atoms with Crippen LogP contribution in [-0.4, -0.2) is 20.9 Å². The third-order valence-electron chi connectivity index (χ3n) is 4.94. The van der Waals surface area contributed by atoms with E-state index in [0.717, 1.165) is 30.9 Å². The lowest BCUT2D eigenvalue weighted by atomic mass is 10.0. The van der Waals surface area contributed by atoms with E-state index in [1.54, 1.807) is 12.1 Å². The van der Waals surface area contributed by atoms with Crippen LogP contribution in [0.1, 0.15) is 30.4 Å². The SMILES string of the molecule is O=C1CCc2cc(S(=O)(=O)N3CCCCc4ccccc43)c(F)cc2N1. The number of hydrogen-bond acceptors (Lipinski definition) is 3. The van der Waals surface area contributed by atoms with E-state index < -0.39 is 15.8 Å². The first-order chi connectivity index (χ1) is 12.5. The summed E-state index contributed by atoms with van der Waals surface area (Å²) in [6.07, 6.45) is 3.09. The minimum Gasteiger partial charge on any atom is -0.326 e. The molecule has 0 aromatic heterocycles. The van der Waals surface area contributed by atoms with Crippen LogP contribution in [0.2, 0.25) is 0 Å². The van der Waals surface area contributed by atoms with Crippen LogP contribution in [0, 0.1) is 5.82 Å². The second-order valence-corrected chi connectivity index (χ2v) is 8.48. The van der Waals surface area contributed by atoms with Crippen LogP contribution in [0.25, 0.3) is 0 Å². The van der Waals surface area contributed by atoms with E-state index in [1.165, 1.54) is 10.4 Å². The Balaban J connectivity index is 1.82. The average molecular weight is 374 g/mol. The molecule has 2 aliphatic heterocycles. The maximum absolute atomic E-state index is 14.7. The van der Waals surface area contributed by atoms with E-state index in [9.17, 15) is 17.6 Å². The smallest absolute Gasteiger partial charge is 0.267 e. The van der Waals surface area contributed by atoms with Crippen LogP contribution in [0.5, 0.6) is 0 Å². The number of aryl methyl sites for hydroxylation is 2. The molecule has 0 bridgehead atoms. The molecule has 0 unspecified atom stereocenters. The standard InChI is InChI=1S/C19H19FN2O3S/c20-15-12-16-14(8-9-19(23)21-16)11-18(15)26(24,25)22-10-4-3-6-13-5-1-2-7-17(13)22/h1-2,5,7,11-12H,3-4,6,8-10H2,(H,21,23). The summed E-state index contributed by atoms with van der Waals surface area (Å²) in [6, 6.07) is 9.86. The van der Waals surface area contributed by atoms with Crippen LogP contribution in [-0.2, 0) is 27.7 Å². The van der Waals surface area contributed by atoms with Gasteiger partial charge < -0.3 is 5.32 Å². The molecule has 0 saturated carbocycles. The van der Waals surface area contributed by atoms with E-state index >= 15 is 0 Å². The van der Waals surface area contributed by atoms with Crippen molar-refractivity contribution < 1.29 is 17.6 Å². The molecule has 2 aliphatic rings. The monoisotopic (exact) mass is 374 g/mol. The van der Waals surface area contributed by atoms with Gasteiger partial charge in [-0.05, 0) is 55.0 Å². The van der Waals surface area contributed by atoms with Gasteiger partial charge in [0.2, 0.25) is 5.91 Å². The van der Waals surface area contributed by atoms with E-state index in [4.69, 9.17) is 0 Å². The molecule has 2 aromatic carbocycles. The van der Waals surface area contributed by atoms with Crippen molar-refractivity contribution in [1.82, 2.24) is 0 Å². The molecule has 0 fully saturated rings. The maximum atomic E-state index is 14.7. The summed E-state index contributed by atoms with van der Waals surface area (Å²) >= 11 is 0. The van der Waals surface area contributed by atoms with Gasteiger partial charge in [0.1, 0.15) is 10.7 Å². The summed E-state index contributed by atoms with van der Waals surface area (Å²) in [5, 5.41) is 2.60. The van der Waals surface area contributed by atoms with Crippen LogP contribution >= 0.6 is 0 Å². The molecule has 0 saturated heterocycles. The number of nitrogens with one attached hydrogen (secondary N) is 1. The highest BCUT2D eigenvalue weighted by Crippen LogP contribution is 2.34. The molecule has 4 rings (SSSR count). The number of rotatable bonds is 2. The van der Waals surface area contributed by atoms with Gasteiger partial charge in [0.15, 0.2) is 0 Å². The number of hydrogen-bond donors (Lipinski definition) is 1. The van der Waals surface area contributed by atoms with Crippen molar-refractivity contribution in [3.05, 3.63) is 53.3 Å². The number of sulfonamides is 1. The number of benzene rings is 2. The second kappa shape index (κ2) is 6.39. The first kappa shape index (κ1) is 17.0. The molecule has 1 N–H and O–H groups in total. The van der Waals surface area contributed by atoms with Crippen molar-refractivity contribution in [2.75, 3.05) is 16.2 Å². The van der Waals surface area contributed by atoms with Gasteiger partial charge in [-0.15, -0.1) is 0 Å². The van der Waals surface area contributed by atoms with Crippen LogP contribution < -0.4 is 9.62 Å². The Morgan fingerprint density at radius 1 is 1.00 bits per heavy atom. The molecule has 26 heavy (non-hydrogen) atoms. The van der Waals surface area contributed by atoms with E-state index in [2.05, 4.69) is 5.32 Å². The van der Waals surface area contributed by atoms with Gasteiger partial charge in [-0.1, -0.05) is 18.2 Å². The molecule has 0 aliphatic carbocycles. The molecular formula is C19H19FN2O3S. The molecule has 136 valence electrons. The number of anilines is 2. The summed E-state index contributed by atoms with van der Waals surface area (Å²) in [6.45, 7) is 0.326. The topological polar surface area (TPSA) is 66.5 Å². The van der Waals surface area contributed by atoms with Crippen molar-refractivity contribution in [2.45, 2.75) is 37.0 Å². The predicted molar refractivity (Wildman–Crippen MR) is 97.3 cm³/mol. The second-order valence-electron chi connectivity index (χ2n) is 6.65. The normalized spacial score (nSPS) is 17.1. The number of halogens is 1. The van der Waals surface area contributed by atoms with Gasteiger partial charge in [0.25, 0.3) is 10.0 Å². The summed E-state index contributed by atoms with van der Waals surface area (Å²) in [7, 11) is -4.03. The molecule has 2 aromatic rings. The van der Waals surface area contributed by atoms with Gasteiger partial charge in [0.05, 0.1) is 5.69 Å². The summed E-state index contributed by atoms with van der Waals surface area (Å²) in [5.41, 5.74) is 2.58. The minimum absolute atomic E-state index is 0.186. The van der Waals surface area contributed by atoms with E-state index in [0.29, 0.717) is 29.9 Å². The number of carbonyl (C=O) groups excluding carboxylic acids is 1. The van der Waals surface area contributed by atoms with Crippen molar-refractivity contribution in [1.29, 1.82) is 0 Å². The van der Waals surface area contributed by atoms with Crippen LogP contribution in [0.3, 0.4) is 0 Å². The Kier molecular flexibility index (Phi) is 4.19. The minimum atomic E-state index is -4.03. The highest BCUT2D eigenvalue weighted by molar-refractivity contribution is 7.92. The Bertz CT molecular complexity index is 988. The molecule has 1 amide bonds. The average Bonchev–Trinajstić information content (AvgIpc) is 2.83. The number of amides is 1. The van der Waals surface area contributed by atoms with E-state index in [-0.39, 0.29) is 17.2 Å². The summed E-state index contributed by atoms with van der Waals surface area (Å²) < 4.78 is 42.5. The Morgan fingerprint density at radius 3 is 2.65 bits per heavy atom. The highest BCUT2D eigenvalue weighted by Gasteiger charge is 2.32. The quantitative estimate of drug-likeness (QED) is 0.878. The lowest BCUT2D eigenvalue weighted by Gasteiger charge is -2.26. The molecule has 7 heteroatoms. The molecule has 0 radical (unpaired) electrons. The van der Waals surface area contributed by atoms with Crippen LogP contribution in [0.15, 0.2) is 41.3 Å². The van der Waals surface area contributed by atoms with Gasteiger partial charge in [-0.25, -0.2) is 12.8 Å². The third kappa shape index (κ3) is 2.86. The number of carbonyl (C=O) groups is 1. The number of para-hydroxylation sites is 1. The zero-order chi connectivity index (χ0) is 18.3. The number of nitrogens with zero attached hydrogens (tertiary/aromatic N) is 1. The first-order valence-corrected chi connectivity index (χ1v) is 10.1. The molecular weight excluding hydrogens is 355 g/mol. The van der Waals surface area contributed by atoms with Crippen molar-refractivity contribution in [2.24, 2.45) is 0 Å². The van der Waals surface area contributed by atoms with Gasteiger partial charge in [0, 0.05) is 18.7 Å². The van der Waals surface area contributed by atoms with Gasteiger partial charge >= 0.3 is 0 Å². The van der Waals surface area contributed by atoms with Crippen molar-refractivity contribution in [3.8, 4) is 0 Å². The molecule has 2 heterocycles. The fraction of sp³-hybridized carbons (Fsp3) is 0.316. The Hall–Kier alpha value is -2.41. The zero-order valence-electron chi connectivity index (χ0n) is 14.2. The predicted octanol–water partition coefficient (Wildman–Crippen LogP) is 3.24. The zero-order valence-corrected chi connectivity index (χ0v) is 15.0. The molecule has 5 nitrogen and oxygen atoms in total. The first-order valence-electron chi connectivity index (χ1n) is 8.70. The Morgan fingerprint density at radius 2 is 1.81 bits per heavy atom. The van der Waals surface area contributed by atoms with Gasteiger partial charge in [-0.2, -0.15) is 0 Å². The third-order valence-corrected chi connectivity index (χ3v) is 6.77.